The van der Waals surface area contributed by atoms with Gasteiger partial charge in [0.25, 0.3) is 0 Å². The molecule has 0 bridgehead atoms. The van der Waals surface area contributed by atoms with E-state index >= 15 is 0 Å². The van der Waals surface area contributed by atoms with Gasteiger partial charge in [0.1, 0.15) is 6.61 Å². The summed E-state index contributed by atoms with van der Waals surface area (Å²) in [6.45, 7) is 9.79. The van der Waals surface area contributed by atoms with Crippen LogP contribution in [0.15, 0.2) is 18.2 Å². The van der Waals surface area contributed by atoms with Crippen molar-refractivity contribution in [2.45, 2.75) is 39.8 Å². The Morgan fingerprint density at radius 1 is 1.25 bits per heavy atom. The molecule has 1 aromatic carbocycles. The lowest BCUT2D eigenvalue weighted by Crippen LogP contribution is -2.28. The van der Waals surface area contributed by atoms with E-state index in [0.29, 0.717) is 17.4 Å². The van der Waals surface area contributed by atoms with Crippen molar-refractivity contribution in [2.24, 2.45) is 5.92 Å². The molecule has 0 aliphatic carbocycles. The minimum absolute atomic E-state index is 0.228. The second-order valence-corrected chi connectivity index (χ2v) is 6.11. The SMILES string of the molecule is COc1ccc(CNCC(C)C)cc1OCC(C)(C)O. The Balaban J connectivity index is 2.70. The normalized spacial score (nSPS) is 11.8. The lowest BCUT2D eigenvalue weighted by Gasteiger charge is -2.19. The smallest absolute Gasteiger partial charge is 0.161 e. The molecule has 4 nitrogen and oxygen atoms in total. The van der Waals surface area contributed by atoms with Crippen molar-refractivity contribution in [1.82, 2.24) is 5.32 Å². The minimum Gasteiger partial charge on any atom is -0.493 e. The summed E-state index contributed by atoms with van der Waals surface area (Å²) >= 11 is 0. The van der Waals surface area contributed by atoms with Crippen LogP contribution in [0.1, 0.15) is 33.3 Å². The van der Waals surface area contributed by atoms with Gasteiger partial charge in [0.05, 0.1) is 12.7 Å². The van der Waals surface area contributed by atoms with Crippen molar-refractivity contribution in [1.29, 1.82) is 0 Å². The summed E-state index contributed by atoms with van der Waals surface area (Å²) in [6, 6.07) is 5.87. The Labute approximate surface area is 122 Å². The second-order valence-electron chi connectivity index (χ2n) is 6.11. The highest BCUT2D eigenvalue weighted by Gasteiger charge is 2.15. The standard InChI is InChI=1S/C16H27NO3/c1-12(2)9-17-10-13-6-7-14(19-5)15(8-13)20-11-16(3,4)18/h6-8,12,17-18H,9-11H2,1-5H3. The second kappa shape index (κ2) is 7.50. The van der Waals surface area contributed by atoms with E-state index in [1.165, 1.54) is 0 Å². The zero-order valence-electron chi connectivity index (χ0n) is 13.2. The molecule has 0 aromatic heterocycles. The Morgan fingerprint density at radius 2 is 1.95 bits per heavy atom. The van der Waals surface area contributed by atoms with E-state index in [4.69, 9.17) is 9.47 Å². The van der Waals surface area contributed by atoms with Crippen LogP contribution in [-0.4, -0.2) is 31.0 Å². The van der Waals surface area contributed by atoms with Gasteiger partial charge in [-0.05, 0) is 44.0 Å². The topological polar surface area (TPSA) is 50.7 Å². The lowest BCUT2D eigenvalue weighted by atomic mass is 10.1. The number of benzene rings is 1. The average molecular weight is 281 g/mol. The van der Waals surface area contributed by atoms with Gasteiger partial charge in [-0.15, -0.1) is 0 Å². The molecule has 4 heteroatoms. The van der Waals surface area contributed by atoms with Gasteiger partial charge < -0.3 is 19.9 Å². The fraction of sp³-hybridized carbons (Fsp3) is 0.625. The molecule has 0 aliphatic rings. The van der Waals surface area contributed by atoms with Gasteiger partial charge in [0.15, 0.2) is 11.5 Å². The summed E-state index contributed by atoms with van der Waals surface area (Å²) in [5.74, 6) is 1.97. The molecule has 0 heterocycles. The first kappa shape index (κ1) is 16.8. The van der Waals surface area contributed by atoms with Crippen LogP contribution in [0.2, 0.25) is 0 Å². The molecule has 0 unspecified atom stereocenters. The first-order valence-corrected chi connectivity index (χ1v) is 7.04. The molecule has 0 saturated heterocycles. The van der Waals surface area contributed by atoms with E-state index in [1.54, 1.807) is 21.0 Å². The third-order valence-electron chi connectivity index (χ3n) is 2.69. The molecule has 0 fully saturated rings. The molecule has 1 aromatic rings. The number of methoxy groups -OCH3 is 1. The Kier molecular flexibility index (Phi) is 6.30. The molecule has 0 radical (unpaired) electrons. The van der Waals surface area contributed by atoms with Crippen molar-refractivity contribution in [3.8, 4) is 11.5 Å². The largest absolute Gasteiger partial charge is 0.493 e. The van der Waals surface area contributed by atoms with Crippen molar-refractivity contribution in [3.05, 3.63) is 23.8 Å². The highest BCUT2D eigenvalue weighted by molar-refractivity contribution is 5.43. The predicted molar refractivity (Wildman–Crippen MR) is 81.3 cm³/mol. The molecule has 0 atom stereocenters. The zero-order chi connectivity index (χ0) is 15.2. The number of rotatable bonds is 8. The molecule has 2 N–H and O–H groups in total. The maximum atomic E-state index is 9.74. The fourth-order valence-electron chi connectivity index (χ4n) is 1.70. The molecular formula is C16H27NO3. The Morgan fingerprint density at radius 3 is 2.50 bits per heavy atom. The Hall–Kier alpha value is -1.26. The van der Waals surface area contributed by atoms with Crippen LogP contribution in [0, 0.1) is 5.92 Å². The van der Waals surface area contributed by atoms with Gasteiger partial charge >= 0.3 is 0 Å². The third kappa shape index (κ3) is 6.26. The van der Waals surface area contributed by atoms with Crippen LogP contribution < -0.4 is 14.8 Å². The molecule has 0 spiro atoms. The quantitative estimate of drug-likeness (QED) is 0.769. The van der Waals surface area contributed by atoms with Crippen molar-refractivity contribution < 1.29 is 14.6 Å². The van der Waals surface area contributed by atoms with E-state index < -0.39 is 5.60 Å². The number of ether oxygens (including phenoxy) is 2. The van der Waals surface area contributed by atoms with Crippen LogP contribution in [0.5, 0.6) is 11.5 Å². The van der Waals surface area contributed by atoms with Crippen molar-refractivity contribution >= 4 is 0 Å². The van der Waals surface area contributed by atoms with Gasteiger partial charge in [-0.2, -0.15) is 0 Å². The fourth-order valence-corrected chi connectivity index (χ4v) is 1.70. The van der Waals surface area contributed by atoms with Crippen molar-refractivity contribution in [3.63, 3.8) is 0 Å². The zero-order valence-corrected chi connectivity index (χ0v) is 13.2. The van der Waals surface area contributed by atoms with Gasteiger partial charge in [-0.25, -0.2) is 0 Å². The molecule has 114 valence electrons. The van der Waals surface area contributed by atoms with E-state index in [2.05, 4.69) is 19.2 Å². The summed E-state index contributed by atoms with van der Waals surface area (Å²) < 4.78 is 10.9. The molecule has 0 amide bonds. The monoisotopic (exact) mass is 281 g/mol. The molecular weight excluding hydrogens is 254 g/mol. The molecule has 0 aliphatic heterocycles. The first-order valence-electron chi connectivity index (χ1n) is 7.04. The minimum atomic E-state index is -0.864. The highest BCUT2D eigenvalue weighted by atomic mass is 16.5. The summed E-state index contributed by atoms with van der Waals surface area (Å²) in [5.41, 5.74) is 0.272. The van der Waals surface area contributed by atoms with Crippen LogP contribution in [0.4, 0.5) is 0 Å². The van der Waals surface area contributed by atoms with E-state index in [9.17, 15) is 5.11 Å². The lowest BCUT2D eigenvalue weighted by molar-refractivity contribution is 0.0276. The van der Waals surface area contributed by atoms with Crippen LogP contribution >= 0.6 is 0 Å². The van der Waals surface area contributed by atoms with Gasteiger partial charge in [-0.3, -0.25) is 0 Å². The molecule has 1 rings (SSSR count). The van der Waals surface area contributed by atoms with Crippen LogP contribution in [0.3, 0.4) is 0 Å². The Bertz CT molecular complexity index is 411. The third-order valence-corrected chi connectivity index (χ3v) is 2.69. The summed E-state index contributed by atoms with van der Waals surface area (Å²) in [7, 11) is 1.61. The number of hydrogen-bond acceptors (Lipinski definition) is 4. The molecule has 20 heavy (non-hydrogen) atoms. The van der Waals surface area contributed by atoms with E-state index in [0.717, 1.165) is 18.7 Å². The number of hydrogen-bond donors (Lipinski definition) is 2. The predicted octanol–water partition coefficient (Wildman–Crippen LogP) is 2.59. The van der Waals surface area contributed by atoms with Crippen LogP contribution in [-0.2, 0) is 6.54 Å². The van der Waals surface area contributed by atoms with E-state index in [-0.39, 0.29) is 6.61 Å². The maximum absolute atomic E-state index is 9.74. The van der Waals surface area contributed by atoms with Crippen LogP contribution in [0.25, 0.3) is 0 Å². The van der Waals surface area contributed by atoms with Gasteiger partial charge in [0, 0.05) is 6.54 Å². The first-order chi connectivity index (χ1) is 9.31. The highest BCUT2D eigenvalue weighted by Crippen LogP contribution is 2.28. The average Bonchev–Trinajstić information content (AvgIpc) is 2.35. The van der Waals surface area contributed by atoms with Gasteiger partial charge in [0.2, 0.25) is 0 Å². The number of nitrogens with one attached hydrogen (secondary N) is 1. The molecule has 0 saturated carbocycles. The summed E-state index contributed by atoms with van der Waals surface area (Å²) in [6.07, 6.45) is 0. The maximum Gasteiger partial charge on any atom is 0.161 e. The van der Waals surface area contributed by atoms with Crippen molar-refractivity contribution in [2.75, 3.05) is 20.3 Å². The van der Waals surface area contributed by atoms with E-state index in [1.807, 2.05) is 18.2 Å². The summed E-state index contributed by atoms with van der Waals surface area (Å²) in [5, 5.41) is 13.1. The van der Waals surface area contributed by atoms with Gasteiger partial charge in [-0.1, -0.05) is 19.9 Å². The number of aliphatic hydroxyl groups is 1. The summed E-state index contributed by atoms with van der Waals surface area (Å²) in [4.78, 5) is 0.